The number of esters is 1. The first-order valence-corrected chi connectivity index (χ1v) is 19.8. The van der Waals surface area contributed by atoms with Crippen LogP contribution in [0.5, 0.6) is 0 Å². The fourth-order valence-electron chi connectivity index (χ4n) is 8.05. The average molecular weight is 717 g/mol. The molecule has 3 aliphatic heterocycles. The van der Waals surface area contributed by atoms with Gasteiger partial charge in [0.1, 0.15) is 11.7 Å². The number of cyclic esters (lactones) is 1. The summed E-state index contributed by atoms with van der Waals surface area (Å²) >= 11 is 0. The minimum Gasteiger partial charge on any atom is -0.457 e. The van der Waals surface area contributed by atoms with Crippen LogP contribution in [0.4, 0.5) is 4.79 Å². The highest BCUT2D eigenvalue weighted by atomic mass is 16.6. The third kappa shape index (κ3) is 12.4. The predicted octanol–water partition coefficient (Wildman–Crippen LogP) is 6.33. The molecule has 0 aromatic rings. The summed E-state index contributed by atoms with van der Waals surface area (Å²) in [6.07, 6.45) is 16.4. The predicted molar refractivity (Wildman–Crippen MR) is 199 cm³/mol. The molecule has 10 atom stereocenters. The molecule has 2 saturated heterocycles. The monoisotopic (exact) mass is 716 g/mol. The van der Waals surface area contributed by atoms with Gasteiger partial charge >= 0.3 is 12.1 Å². The van der Waals surface area contributed by atoms with E-state index in [-0.39, 0.29) is 42.4 Å². The SMILES string of the molecule is CC[C@H](O)[C@@H](C)[C@H]1O[C@@H]1C[C@@](C)(O)/C=C/C=C(\C)[C@H]1OC(=O)C[C@H](C)CC[C@@](C)(O)[C@@H](OC(=O)N2CCN(C3CCCCCC3)CC2)/C=C/[C@@H]1C. The Morgan fingerprint density at radius 2 is 1.78 bits per heavy atom. The number of carbonyl (C=O) groups excluding carboxylic acids is 2. The maximum Gasteiger partial charge on any atom is 0.410 e. The first kappa shape index (κ1) is 41.5. The zero-order chi connectivity index (χ0) is 37.3. The highest BCUT2D eigenvalue weighted by molar-refractivity contribution is 5.70. The van der Waals surface area contributed by atoms with E-state index < -0.39 is 35.6 Å². The van der Waals surface area contributed by atoms with E-state index >= 15 is 0 Å². The molecule has 3 fully saturated rings. The van der Waals surface area contributed by atoms with Gasteiger partial charge in [-0.3, -0.25) is 9.69 Å². The van der Waals surface area contributed by atoms with Gasteiger partial charge in [0.15, 0.2) is 6.10 Å². The van der Waals surface area contributed by atoms with Crippen molar-refractivity contribution in [1.82, 2.24) is 9.80 Å². The molecule has 1 aliphatic carbocycles. The summed E-state index contributed by atoms with van der Waals surface area (Å²) in [5.41, 5.74) is -1.65. The van der Waals surface area contributed by atoms with Crippen LogP contribution in [-0.2, 0) is 19.0 Å². The van der Waals surface area contributed by atoms with Gasteiger partial charge in [-0.25, -0.2) is 4.79 Å². The summed E-state index contributed by atoms with van der Waals surface area (Å²) in [6, 6.07) is 0.604. The maximum atomic E-state index is 13.5. The minimum absolute atomic E-state index is 0.00755. The average Bonchev–Trinajstić information content (AvgIpc) is 3.89. The van der Waals surface area contributed by atoms with Gasteiger partial charge in [-0.1, -0.05) is 77.7 Å². The molecule has 4 aliphatic rings. The number of ether oxygens (including phenoxy) is 3. The van der Waals surface area contributed by atoms with Gasteiger partial charge in [0.25, 0.3) is 0 Å². The molecule has 10 heteroatoms. The van der Waals surface area contributed by atoms with Crippen molar-refractivity contribution in [2.24, 2.45) is 17.8 Å². The summed E-state index contributed by atoms with van der Waals surface area (Å²) < 4.78 is 17.9. The smallest absolute Gasteiger partial charge is 0.410 e. The maximum absolute atomic E-state index is 13.5. The Bertz CT molecular complexity index is 1210. The van der Waals surface area contributed by atoms with Crippen molar-refractivity contribution in [3.05, 3.63) is 36.0 Å². The summed E-state index contributed by atoms with van der Waals surface area (Å²) in [7, 11) is 0. The lowest BCUT2D eigenvalue weighted by molar-refractivity contribution is -0.150. The van der Waals surface area contributed by atoms with Crippen LogP contribution in [0, 0.1) is 17.8 Å². The number of hydrogen-bond donors (Lipinski definition) is 3. The second-order valence-electron chi connectivity index (χ2n) is 16.6. The van der Waals surface area contributed by atoms with Crippen LogP contribution in [-0.4, -0.2) is 111 Å². The molecule has 4 rings (SSSR count). The molecule has 1 saturated carbocycles. The second-order valence-corrected chi connectivity index (χ2v) is 16.6. The lowest BCUT2D eigenvalue weighted by Crippen LogP contribution is -2.53. The number of nitrogens with zero attached hydrogens (tertiary/aromatic N) is 2. The molecule has 0 aromatic heterocycles. The summed E-state index contributed by atoms with van der Waals surface area (Å²) in [5, 5.41) is 32.9. The van der Waals surface area contributed by atoms with Gasteiger partial charge in [-0.05, 0) is 70.4 Å². The highest BCUT2D eigenvalue weighted by Crippen LogP contribution is 2.38. The molecule has 0 radical (unpaired) electrons. The molecule has 1 amide bonds. The quantitative estimate of drug-likeness (QED) is 0.0781. The normalized spacial score (nSPS) is 35.5. The molecule has 0 aromatic carbocycles. The standard InChI is InChI=1S/C41H68N2O8/c1-8-33(44)31(5)38-34(49-38)27-40(6,47)20-13-14-29(3)37-30(4)17-18-35(41(7,48)21-19-28(2)26-36(45)51-37)50-39(46)43-24-22-42(23-25-43)32-15-11-9-10-12-16-32/h13-14,17-18,20,28,30-35,37-38,44,47-48H,8-12,15-16,19,21-27H2,1-7H3/b18-17+,20-13+,29-14+/t28-,30+,31-,33+,34-,35+,37-,38-,40+,41-/m1/s1. The van der Waals surface area contributed by atoms with Crippen molar-refractivity contribution in [2.75, 3.05) is 26.2 Å². The van der Waals surface area contributed by atoms with Crippen molar-refractivity contribution < 1.29 is 39.1 Å². The zero-order valence-electron chi connectivity index (χ0n) is 32.5. The van der Waals surface area contributed by atoms with Crippen LogP contribution in [0.3, 0.4) is 0 Å². The number of epoxide rings is 1. The number of rotatable bonds is 10. The van der Waals surface area contributed by atoms with Crippen LogP contribution in [0.2, 0.25) is 0 Å². The molecule has 0 bridgehead atoms. The summed E-state index contributed by atoms with van der Waals surface area (Å²) in [6.45, 7) is 16.1. The van der Waals surface area contributed by atoms with E-state index in [4.69, 9.17) is 14.2 Å². The molecule has 3 heterocycles. The van der Waals surface area contributed by atoms with Gasteiger partial charge in [0.05, 0.1) is 23.9 Å². The van der Waals surface area contributed by atoms with Crippen LogP contribution >= 0.6 is 0 Å². The van der Waals surface area contributed by atoms with Gasteiger partial charge in [0, 0.05) is 56.9 Å². The van der Waals surface area contributed by atoms with E-state index in [0.29, 0.717) is 44.8 Å². The zero-order valence-corrected chi connectivity index (χ0v) is 32.5. The van der Waals surface area contributed by atoms with Crippen LogP contribution < -0.4 is 0 Å². The fourth-order valence-corrected chi connectivity index (χ4v) is 8.05. The fraction of sp³-hybridized carbons (Fsp3) is 0.805. The lowest BCUT2D eigenvalue weighted by Gasteiger charge is -2.40. The first-order valence-electron chi connectivity index (χ1n) is 19.8. The van der Waals surface area contributed by atoms with Crippen molar-refractivity contribution in [1.29, 1.82) is 0 Å². The molecular weight excluding hydrogens is 648 g/mol. The van der Waals surface area contributed by atoms with Crippen molar-refractivity contribution in [3.63, 3.8) is 0 Å². The van der Waals surface area contributed by atoms with E-state index in [1.54, 1.807) is 37.0 Å². The molecule has 290 valence electrons. The van der Waals surface area contributed by atoms with Crippen molar-refractivity contribution in [2.45, 2.75) is 167 Å². The summed E-state index contributed by atoms with van der Waals surface area (Å²) in [5.74, 6) is -0.622. The Kier molecular flexibility index (Phi) is 15.2. The molecular formula is C41H68N2O8. The van der Waals surface area contributed by atoms with Crippen LogP contribution in [0.25, 0.3) is 0 Å². The van der Waals surface area contributed by atoms with Gasteiger partial charge < -0.3 is 34.4 Å². The third-order valence-corrected chi connectivity index (χ3v) is 11.8. The van der Waals surface area contributed by atoms with Crippen molar-refractivity contribution in [3.8, 4) is 0 Å². The number of aliphatic hydroxyl groups is 3. The minimum atomic E-state index is -1.32. The van der Waals surface area contributed by atoms with E-state index in [0.717, 1.165) is 18.7 Å². The number of carbonyl (C=O) groups is 2. The Labute approximate surface area is 307 Å². The number of amides is 1. The topological polar surface area (TPSA) is 132 Å². The molecule has 3 N–H and O–H groups in total. The Hall–Kier alpha value is -2.24. The van der Waals surface area contributed by atoms with E-state index in [9.17, 15) is 24.9 Å². The Balaban J connectivity index is 1.42. The number of piperazine rings is 1. The van der Waals surface area contributed by atoms with Gasteiger partial charge in [0.2, 0.25) is 0 Å². The molecule has 0 unspecified atom stereocenters. The Morgan fingerprint density at radius 1 is 1.12 bits per heavy atom. The van der Waals surface area contributed by atoms with Crippen molar-refractivity contribution >= 4 is 12.1 Å². The number of hydrogen-bond acceptors (Lipinski definition) is 9. The van der Waals surface area contributed by atoms with Gasteiger partial charge in [-0.15, -0.1) is 0 Å². The molecule has 0 spiro atoms. The number of aliphatic hydroxyl groups excluding tert-OH is 1. The lowest BCUT2D eigenvalue weighted by atomic mass is 9.87. The third-order valence-electron chi connectivity index (χ3n) is 11.8. The van der Waals surface area contributed by atoms with Crippen LogP contribution in [0.1, 0.15) is 119 Å². The number of allylic oxidation sites excluding steroid dienone is 2. The van der Waals surface area contributed by atoms with E-state index in [1.807, 2.05) is 46.8 Å². The second kappa shape index (κ2) is 18.7. The molecule has 51 heavy (non-hydrogen) atoms. The first-order chi connectivity index (χ1) is 24.1. The summed E-state index contributed by atoms with van der Waals surface area (Å²) in [4.78, 5) is 30.9. The Morgan fingerprint density at radius 3 is 2.43 bits per heavy atom. The van der Waals surface area contributed by atoms with E-state index in [2.05, 4.69) is 4.90 Å². The van der Waals surface area contributed by atoms with E-state index in [1.165, 1.54) is 38.5 Å². The largest absolute Gasteiger partial charge is 0.457 e. The van der Waals surface area contributed by atoms with Crippen LogP contribution in [0.15, 0.2) is 36.0 Å². The molecule has 10 nitrogen and oxygen atoms in total. The van der Waals surface area contributed by atoms with Gasteiger partial charge in [-0.2, -0.15) is 0 Å². The highest BCUT2D eigenvalue weighted by Gasteiger charge is 2.47.